The standard InChI is InChI=1S/C19H24N4O3/c1-23(13-14-6-4-3-5-7-14)19(25)21-11-10-18(24)22-15-8-9-17(26-2)16(20)12-15/h3-9,12H,10-11,13,20H2,1-2H3,(H,21,25)(H,22,24). The van der Waals surface area contributed by atoms with Gasteiger partial charge in [-0.1, -0.05) is 30.3 Å². The molecule has 4 N–H and O–H groups in total. The summed E-state index contributed by atoms with van der Waals surface area (Å²) in [4.78, 5) is 25.6. The van der Waals surface area contributed by atoms with Crippen LogP contribution in [-0.4, -0.2) is 37.5 Å². The number of hydrogen-bond acceptors (Lipinski definition) is 4. The van der Waals surface area contributed by atoms with Crippen LogP contribution < -0.4 is 21.1 Å². The van der Waals surface area contributed by atoms with Gasteiger partial charge in [-0.3, -0.25) is 4.79 Å². The third-order valence-corrected chi connectivity index (χ3v) is 3.75. The van der Waals surface area contributed by atoms with Gasteiger partial charge in [0.1, 0.15) is 5.75 Å². The number of rotatable bonds is 7. The molecule has 0 aliphatic heterocycles. The van der Waals surface area contributed by atoms with E-state index in [0.717, 1.165) is 5.56 Å². The smallest absolute Gasteiger partial charge is 0.317 e. The van der Waals surface area contributed by atoms with Crippen LogP contribution >= 0.6 is 0 Å². The van der Waals surface area contributed by atoms with E-state index in [1.165, 1.54) is 7.11 Å². The van der Waals surface area contributed by atoms with Gasteiger partial charge in [0.15, 0.2) is 0 Å². The van der Waals surface area contributed by atoms with Gasteiger partial charge in [0.2, 0.25) is 5.91 Å². The Morgan fingerprint density at radius 2 is 1.88 bits per heavy atom. The number of benzene rings is 2. The van der Waals surface area contributed by atoms with Crippen LogP contribution in [0.2, 0.25) is 0 Å². The van der Waals surface area contributed by atoms with Crippen LogP contribution in [0, 0.1) is 0 Å². The van der Waals surface area contributed by atoms with E-state index in [1.807, 2.05) is 30.3 Å². The van der Waals surface area contributed by atoms with Crippen molar-refractivity contribution in [3.63, 3.8) is 0 Å². The van der Waals surface area contributed by atoms with Crippen LogP contribution in [0.25, 0.3) is 0 Å². The molecule has 0 aliphatic carbocycles. The number of carbonyl (C=O) groups is 2. The molecule has 0 radical (unpaired) electrons. The molecule has 0 bridgehead atoms. The number of nitrogen functional groups attached to an aromatic ring is 1. The average Bonchev–Trinajstić information content (AvgIpc) is 2.62. The van der Waals surface area contributed by atoms with Crippen molar-refractivity contribution in [1.82, 2.24) is 10.2 Å². The second-order valence-electron chi connectivity index (χ2n) is 5.83. The molecule has 0 aromatic heterocycles. The van der Waals surface area contributed by atoms with Gasteiger partial charge >= 0.3 is 6.03 Å². The van der Waals surface area contributed by atoms with Crippen molar-refractivity contribution in [2.24, 2.45) is 0 Å². The van der Waals surface area contributed by atoms with Crippen molar-refractivity contribution >= 4 is 23.3 Å². The normalized spacial score (nSPS) is 10.1. The predicted molar refractivity (Wildman–Crippen MR) is 102 cm³/mol. The minimum absolute atomic E-state index is 0.164. The van der Waals surface area contributed by atoms with E-state index in [9.17, 15) is 9.59 Å². The fourth-order valence-corrected chi connectivity index (χ4v) is 2.38. The molecule has 7 heteroatoms. The highest BCUT2D eigenvalue weighted by atomic mass is 16.5. The number of nitrogens with one attached hydrogen (secondary N) is 2. The van der Waals surface area contributed by atoms with Gasteiger partial charge in [0, 0.05) is 32.2 Å². The summed E-state index contributed by atoms with van der Waals surface area (Å²) in [6.45, 7) is 0.749. The molecule has 0 atom stereocenters. The van der Waals surface area contributed by atoms with Crippen molar-refractivity contribution in [2.75, 3.05) is 31.8 Å². The summed E-state index contributed by atoms with van der Waals surface area (Å²) >= 11 is 0. The molecule has 2 rings (SSSR count). The number of amides is 3. The van der Waals surface area contributed by atoms with Gasteiger partial charge in [-0.05, 0) is 23.8 Å². The number of carbonyl (C=O) groups excluding carboxylic acids is 2. The van der Waals surface area contributed by atoms with Crippen molar-refractivity contribution < 1.29 is 14.3 Å². The lowest BCUT2D eigenvalue weighted by molar-refractivity contribution is -0.116. The summed E-state index contributed by atoms with van der Waals surface area (Å²) in [5, 5.41) is 5.47. The first-order valence-electron chi connectivity index (χ1n) is 8.26. The van der Waals surface area contributed by atoms with Crippen LogP contribution in [0.5, 0.6) is 5.75 Å². The topological polar surface area (TPSA) is 96.7 Å². The Balaban J connectivity index is 1.73. The molecule has 2 aromatic carbocycles. The Morgan fingerprint density at radius 1 is 1.15 bits per heavy atom. The first-order valence-corrected chi connectivity index (χ1v) is 8.26. The molecule has 3 amide bonds. The number of hydrogen-bond donors (Lipinski definition) is 3. The van der Waals surface area contributed by atoms with Gasteiger partial charge in [0.25, 0.3) is 0 Å². The van der Waals surface area contributed by atoms with Gasteiger partial charge in [-0.25, -0.2) is 4.79 Å². The number of urea groups is 1. The summed E-state index contributed by atoms with van der Waals surface area (Å²) in [5.41, 5.74) is 7.88. The number of nitrogens with two attached hydrogens (primary N) is 1. The lowest BCUT2D eigenvalue weighted by atomic mass is 10.2. The fourth-order valence-electron chi connectivity index (χ4n) is 2.38. The third-order valence-electron chi connectivity index (χ3n) is 3.75. The second-order valence-corrected chi connectivity index (χ2v) is 5.83. The van der Waals surface area contributed by atoms with Gasteiger partial charge in [-0.15, -0.1) is 0 Å². The maximum Gasteiger partial charge on any atom is 0.317 e. The minimum atomic E-state index is -0.227. The van der Waals surface area contributed by atoms with E-state index >= 15 is 0 Å². The molecule has 0 fully saturated rings. The number of nitrogens with zero attached hydrogens (tertiary/aromatic N) is 1. The molecule has 138 valence electrons. The quantitative estimate of drug-likeness (QED) is 0.664. The fraction of sp³-hybridized carbons (Fsp3) is 0.263. The summed E-state index contributed by atoms with van der Waals surface area (Å²) < 4.78 is 5.07. The van der Waals surface area contributed by atoms with Gasteiger partial charge < -0.3 is 26.0 Å². The molecule has 0 heterocycles. The first-order chi connectivity index (χ1) is 12.5. The molecule has 0 spiro atoms. The Bertz CT molecular complexity index is 750. The highest BCUT2D eigenvalue weighted by Gasteiger charge is 2.10. The SMILES string of the molecule is COc1ccc(NC(=O)CCNC(=O)N(C)Cc2ccccc2)cc1N. The zero-order valence-electron chi connectivity index (χ0n) is 15.0. The van der Waals surface area contributed by atoms with Crippen LogP contribution in [0.15, 0.2) is 48.5 Å². The molecule has 0 saturated heterocycles. The lowest BCUT2D eigenvalue weighted by Gasteiger charge is -2.18. The van der Waals surface area contributed by atoms with E-state index in [2.05, 4.69) is 10.6 Å². The molecular weight excluding hydrogens is 332 g/mol. The average molecular weight is 356 g/mol. The zero-order valence-corrected chi connectivity index (χ0v) is 15.0. The van der Waals surface area contributed by atoms with Crippen molar-refractivity contribution in [2.45, 2.75) is 13.0 Å². The highest BCUT2D eigenvalue weighted by Crippen LogP contribution is 2.24. The number of methoxy groups -OCH3 is 1. The largest absolute Gasteiger partial charge is 0.495 e. The molecule has 0 aliphatic rings. The Kier molecular flexibility index (Phi) is 6.84. The monoisotopic (exact) mass is 356 g/mol. The van der Waals surface area contributed by atoms with E-state index in [-0.39, 0.29) is 24.9 Å². The van der Waals surface area contributed by atoms with E-state index in [0.29, 0.717) is 23.7 Å². The van der Waals surface area contributed by atoms with Crippen LogP contribution in [-0.2, 0) is 11.3 Å². The second kappa shape index (κ2) is 9.31. The maximum absolute atomic E-state index is 12.1. The van der Waals surface area contributed by atoms with Crippen molar-refractivity contribution in [3.05, 3.63) is 54.1 Å². The Hall–Kier alpha value is -3.22. The van der Waals surface area contributed by atoms with Gasteiger partial charge in [-0.2, -0.15) is 0 Å². The van der Waals surface area contributed by atoms with Crippen LogP contribution in [0.1, 0.15) is 12.0 Å². The Morgan fingerprint density at radius 3 is 2.54 bits per heavy atom. The summed E-state index contributed by atoms with van der Waals surface area (Å²) in [6.07, 6.45) is 0.164. The van der Waals surface area contributed by atoms with E-state index in [4.69, 9.17) is 10.5 Å². The summed E-state index contributed by atoms with van der Waals surface area (Å²) in [5.74, 6) is 0.345. The zero-order chi connectivity index (χ0) is 18.9. The van der Waals surface area contributed by atoms with Crippen LogP contribution in [0.4, 0.5) is 16.2 Å². The number of ether oxygens (including phenoxy) is 1. The predicted octanol–water partition coefficient (Wildman–Crippen LogP) is 2.45. The summed E-state index contributed by atoms with van der Waals surface area (Å²) in [6, 6.07) is 14.5. The van der Waals surface area contributed by atoms with Crippen LogP contribution in [0.3, 0.4) is 0 Å². The lowest BCUT2D eigenvalue weighted by Crippen LogP contribution is -2.38. The number of anilines is 2. The molecule has 7 nitrogen and oxygen atoms in total. The first kappa shape index (κ1) is 19.1. The van der Waals surface area contributed by atoms with Gasteiger partial charge in [0.05, 0.1) is 12.8 Å². The molecule has 0 unspecified atom stereocenters. The van der Waals surface area contributed by atoms with Crippen molar-refractivity contribution in [3.8, 4) is 5.75 Å². The van der Waals surface area contributed by atoms with E-state index < -0.39 is 0 Å². The molecule has 0 saturated carbocycles. The van der Waals surface area contributed by atoms with E-state index in [1.54, 1.807) is 30.1 Å². The summed E-state index contributed by atoms with van der Waals surface area (Å²) in [7, 11) is 3.24. The van der Waals surface area contributed by atoms with Crippen molar-refractivity contribution in [1.29, 1.82) is 0 Å². The molecular formula is C19H24N4O3. The minimum Gasteiger partial charge on any atom is -0.495 e. The highest BCUT2D eigenvalue weighted by molar-refractivity contribution is 5.91. The maximum atomic E-state index is 12.1. The third kappa shape index (κ3) is 5.70. The Labute approximate surface area is 153 Å². The molecule has 26 heavy (non-hydrogen) atoms. The molecule has 2 aromatic rings.